The molecule has 2 aromatic rings. The number of fused-ring (bicyclic) bond motifs is 1. The normalized spacial score (nSPS) is 14.3. The molecule has 0 aromatic heterocycles. The van der Waals surface area contributed by atoms with Crippen molar-refractivity contribution in [2.24, 2.45) is 0 Å². The quantitative estimate of drug-likeness (QED) is 0.769. The number of amides is 2. The van der Waals surface area contributed by atoms with Gasteiger partial charge in [0.05, 0.1) is 5.69 Å². The predicted molar refractivity (Wildman–Crippen MR) is 102 cm³/mol. The third-order valence-electron chi connectivity index (χ3n) is 4.37. The number of para-hydroxylation sites is 1. The van der Waals surface area contributed by atoms with E-state index in [0.29, 0.717) is 17.7 Å². The molecule has 4 nitrogen and oxygen atoms in total. The monoisotopic (exact) mass is 372 g/mol. The zero-order valence-corrected chi connectivity index (χ0v) is 15.6. The van der Waals surface area contributed by atoms with Crippen molar-refractivity contribution in [2.75, 3.05) is 11.1 Å². The van der Waals surface area contributed by atoms with E-state index in [1.54, 1.807) is 16.7 Å². The minimum Gasteiger partial charge on any atom is -0.331 e. The van der Waals surface area contributed by atoms with Crippen LogP contribution in [0.15, 0.2) is 47.4 Å². The number of anilines is 1. The van der Waals surface area contributed by atoms with Crippen LogP contribution in [0.4, 0.5) is 10.1 Å². The van der Waals surface area contributed by atoms with E-state index in [2.05, 4.69) is 12.2 Å². The summed E-state index contributed by atoms with van der Waals surface area (Å²) in [6, 6.07) is 11.6. The zero-order chi connectivity index (χ0) is 18.7. The number of nitrogens with one attached hydrogen (secondary N) is 1. The van der Waals surface area contributed by atoms with Gasteiger partial charge in [0, 0.05) is 29.5 Å². The highest BCUT2D eigenvalue weighted by Crippen LogP contribution is 2.28. The summed E-state index contributed by atoms with van der Waals surface area (Å²) in [7, 11) is 0. The second-order valence-corrected chi connectivity index (χ2v) is 7.57. The van der Waals surface area contributed by atoms with Crippen molar-refractivity contribution >= 4 is 29.3 Å². The first-order valence-corrected chi connectivity index (χ1v) is 9.59. The fourth-order valence-corrected chi connectivity index (χ4v) is 3.86. The maximum atomic E-state index is 13.4. The molecule has 0 fully saturated rings. The van der Waals surface area contributed by atoms with Crippen molar-refractivity contribution in [3.05, 3.63) is 59.4 Å². The first-order chi connectivity index (χ1) is 12.5. The van der Waals surface area contributed by atoms with Crippen molar-refractivity contribution in [1.29, 1.82) is 0 Å². The molecule has 1 aliphatic heterocycles. The van der Waals surface area contributed by atoms with Crippen molar-refractivity contribution < 1.29 is 14.0 Å². The van der Waals surface area contributed by atoms with E-state index >= 15 is 0 Å². The molecule has 6 heteroatoms. The SMILES string of the molecule is CCSc1ccccc1NC(=O)C[C@@H](C)N1Cc2cc(F)ccc2C1=O. The Balaban J connectivity index is 1.65. The lowest BCUT2D eigenvalue weighted by atomic mass is 10.1. The van der Waals surface area contributed by atoms with Crippen molar-refractivity contribution in [1.82, 2.24) is 4.90 Å². The van der Waals surface area contributed by atoms with Gasteiger partial charge in [0.25, 0.3) is 5.91 Å². The molecule has 2 aromatic carbocycles. The van der Waals surface area contributed by atoms with Crippen molar-refractivity contribution in [2.45, 2.75) is 37.8 Å². The van der Waals surface area contributed by atoms with E-state index in [-0.39, 0.29) is 30.1 Å². The Labute approximate surface area is 156 Å². The molecule has 136 valence electrons. The molecule has 0 radical (unpaired) electrons. The molecular formula is C20H21FN2O2S. The molecule has 26 heavy (non-hydrogen) atoms. The first kappa shape index (κ1) is 18.5. The number of carbonyl (C=O) groups excluding carboxylic acids is 2. The fraction of sp³-hybridized carbons (Fsp3) is 0.300. The zero-order valence-electron chi connectivity index (χ0n) is 14.8. The Morgan fingerprint density at radius 2 is 2.08 bits per heavy atom. The highest BCUT2D eigenvalue weighted by atomic mass is 32.2. The van der Waals surface area contributed by atoms with Gasteiger partial charge >= 0.3 is 0 Å². The van der Waals surface area contributed by atoms with Crippen LogP contribution < -0.4 is 5.32 Å². The first-order valence-electron chi connectivity index (χ1n) is 8.60. The van der Waals surface area contributed by atoms with E-state index < -0.39 is 0 Å². The largest absolute Gasteiger partial charge is 0.331 e. The average molecular weight is 372 g/mol. The van der Waals surface area contributed by atoms with Gasteiger partial charge in [-0.15, -0.1) is 11.8 Å². The van der Waals surface area contributed by atoms with E-state index in [4.69, 9.17) is 0 Å². The van der Waals surface area contributed by atoms with E-state index in [9.17, 15) is 14.0 Å². The van der Waals surface area contributed by atoms with Crippen LogP contribution in [0.25, 0.3) is 0 Å². The van der Waals surface area contributed by atoms with Crippen LogP contribution in [0.5, 0.6) is 0 Å². The molecule has 0 aliphatic carbocycles. The predicted octanol–water partition coefficient (Wildman–Crippen LogP) is 4.31. The van der Waals surface area contributed by atoms with Gasteiger partial charge in [0.1, 0.15) is 5.82 Å². The minimum absolute atomic E-state index is 0.142. The molecule has 2 amide bonds. The smallest absolute Gasteiger partial charge is 0.254 e. The summed E-state index contributed by atoms with van der Waals surface area (Å²) in [5.41, 5.74) is 1.98. The number of hydrogen-bond donors (Lipinski definition) is 1. The summed E-state index contributed by atoms with van der Waals surface area (Å²) in [6.07, 6.45) is 0.188. The van der Waals surface area contributed by atoms with Crippen LogP contribution >= 0.6 is 11.8 Å². The Morgan fingerprint density at radius 1 is 1.31 bits per heavy atom. The summed E-state index contributed by atoms with van der Waals surface area (Å²) >= 11 is 1.67. The number of halogens is 1. The summed E-state index contributed by atoms with van der Waals surface area (Å²) in [4.78, 5) is 27.6. The summed E-state index contributed by atoms with van der Waals surface area (Å²) in [5.74, 6) is 0.271. The standard InChI is InChI=1S/C20H21FN2O2S/c1-3-26-18-7-5-4-6-17(18)22-19(24)10-13(2)23-12-14-11-15(21)8-9-16(14)20(23)25/h4-9,11,13H,3,10,12H2,1-2H3,(H,22,24)/t13-/m1/s1. The van der Waals surface area contributed by atoms with Gasteiger partial charge in [-0.25, -0.2) is 4.39 Å². The lowest BCUT2D eigenvalue weighted by molar-refractivity contribution is -0.117. The molecule has 0 unspecified atom stereocenters. The summed E-state index contributed by atoms with van der Waals surface area (Å²) in [6.45, 7) is 4.24. The van der Waals surface area contributed by atoms with E-state index in [1.807, 2.05) is 31.2 Å². The maximum Gasteiger partial charge on any atom is 0.254 e. The van der Waals surface area contributed by atoms with Crippen LogP contribution in [0.2, 0.25) is 0 Å². The second kappa shape index (κ2) is 7.91. The topological polar surface area (TPSA) is 49.4 Å². The molecule has 0 saturated carbocycles. The van der Waals surface area contributed by atoms with Gasteiger partial charge in [-0.05, 0) is 48.6 Å². The van der Waals surface area contributed by atoms with Crippen molar-refractivity contribution in [3.63, 3.8) is 0 Å². The molecule has 1 N–H and O–H groups in total. The number of rotatable bonds is 6. The molecule has 1 atom stereocenters. The molecule has 0 spiro atoms. The highest BCUT2D eigenvalue weighted by Gasteiger charge is 2.31. The van der Waals surface area contributed by atoms with Crippen LogP contribution in [0.3, 0.4) is 0 Å². The number of carbonyl (C=O) groups is 2. The van der Waals surface area contributed by atoms with Gasteiger partial charge in [0.15, 0.2) is 0 Å². The molecule has 1 heterocycles. The van der Waals surface area contributed by atoms with E-state index in [1.165, 1.54) is 18.2 Å². The summed E-state index contributed by atoms with van der Waals surface area (Å²) in [5, 5.41) is 2.94. The number of nitrogens with zero attached hydrogens (tertiary/aromatic N) is 1. The average Bonchev–Trinajstić information content (AvgIpc) is 2.93. The highest BCUT2D eigenvalue weighted by molar-refractivity contribution is 7.99. The third-order valence-corrected chi connectivity index (χ3v) is 5.33. The third kappa shape index (κ3) is 3.90. The van der Waals surface area contributed by atoms with Gasteiger partial charge in [-0.1, -0.05) is 19.1 Å². The molecular weight excluding hydrogens is 351 g/mol. The second-order valence-electron chi connectivity index (χ2n) is 6.27. The Bertz CT molecular complexity index is 840. The minimum atomic E-state index is -0.353. The molecule has 0 saturated heterocycles. The van der Waals surface area contributed by atoms with Gasteiger partial charge in [-0.3, -0.25) is 9.59 Å². The number of thioether (sulfide) groups is 1. The van der Waals surface area contributed by atoms with Crippen molar-refractivity contribution in [3.8, 4) is 0 Å². The lowest BCUT2D eigenvalue weighted by Gasteiger charge is -2.24. The van der Waals surface area contributed by atoms with Crippen LogP contribution in [0.1, 0.15) is 36.2 Å². The van der Waals surface area contributed by atoms with E-state index in [0.717, 1.165) is 16.3 Å². The van der Waals surface area contributed by atoms with Gasteiger partial charge in [0.2, 0.25) is 5.91 Å². The van der Waals surface area contributed by atoms with Crippen LogP contribution in [-0.4, -0.2) is 28.5 Å². The lowest BCUT2D eigenvalue weighted by Crippen LogP contribution is -2.36. The number of hydrogen-bond acceptors (Lipinski definition) is 3. The molecule has 1 aliphatic rings. The number of benzene rings is 2. The maximum absolute atomic E-state index is 13.4. The molecule has 0 bridgehead atoms. The Morgan fingerprint density at radius 3 is 2.85 bits per heavy atom. The van der Waals surface area contributed by atoms with Crippen LogP contribution in [0, 0.1) is 5.82 Å². The summed E-state index contributed by atoms with van der Waals surface area (Å²) < 4.78 is 13.4. The fourth-order valence-electron chi connectivity index (χ4n) is 3.10. The Hall–Kier alpha value is -2.34. The Kier molecular flexibility index (Phi) is 5.61. The van der Waals surface area contributed by atoms with Crippen LogP contribution in [-0.2, 0) is 11.3 Å². The van der Waals surface area contributed by atoms with Gasteiger partial charge < -0.3 is 10.2 Å². The van der Waals surface area contributed by atoms with Gasteiger partial charge in [-0.2, -0.15) is 0 Å². The molecule has 3 rings (SSSR count).